The fraction of sp³-hybridized carbons (Fsp3) is 0.500. The van der Waals surface area contributed by atoms with Crippen molar-refractivity contribution in [3.63, 3.8) is 0 Å². The number of hydrogen-bond acceptors (Lipinski definition) is 6. The summed E-state index contributed by atoms with van der Waals surface area (Å²) in [6.07, 6.45) is -2.29. The number of carboxylic acids is 3. The number of nitrogens with zero attached hydrogens (tertiary/aromatic N) is 1. The van der Waals surface area contributed by atoms with Crippen LogP contribution in [0.2, 0.25) is 0 Å². The summed E-state index contributed by atoms with van der Waals surface area (Å²) < 4.78 is 0. The fourth-order valence-corrected chi connectivity index (χ4v) is 0.714. The van der Waals surface area contributed by atoms with Gasteiger partial charge < -0.3 is 25.6 Å². The van der Waals surface area contributed by atoms with Gasteiger partial charge in [0.15, 0.2) is 10.9 Å². The van der Waals surface area contributed by atoms with Gasteiger partial charge in [0.05, 0.1) is 12.8 Å². The first kappa shape index (κ1) is 21.1. The van der Waals surface area contributed by atoms with Crippen LogP contribution < -0.4 is 0 Å². The Labute approximate surface area is 116 Å². The molecule has 0 aromatic heterocycles. The molecule has 0 unspecified atom stereocenters. The summed E-state index contributed by atoms with van der Waals surface area (Å²) in [7, 11) is 0. The molecule has 0 saturated heterocycles. The van der Waals surface area contributed by atoms with Gasteiger partial charge in [0.1, 0.15) is 0 Å². The monoisotopic (exact) mass is 262 g/mol. The maximum atomic E-state index is 10.3. The smallest absolute Gasteiger partial charge is 0.336 e. The van der Waals surface area contributed by atoms with Crippen molar-refractivity contribution in [2.45, 2.75) is 18.4 Å². The first-order valence-corrected chi connectivity index (χ1v) is 3.55. The Morgan fingerprint density at radius 3 is 1.35 bits per heavy atom. The van der Waals surface area contributed by atoms with Crippen LogP contribution in [0.5, 0.6) is 0 Å². The summed E-state index contributed by atoms with van der Waals surface area (Å²) in [5.41, 5.74) is -2.74. The molecule has 17 heavy (non-hydrogen) atoms. The second kappa shape index (κ2) is 9.96. The number of carboxylic acid groups (broad SMARTS) is 3. The van der Waals surface area contributed by atoms with E-state index in [2.05, 4.69) is 0 Å². The minimum atomic E-state index is -2.74. The van der Waals surface area contributed by atoms with Crippen molar-refractivity contribution in [2.75, 3.05) is 0 Å². The Hall–Kier alpha value is -1.23. The van der Waals surface area contributed by atoms with Crippen LogP contribution in [0.25, 0.3) is 0 Å². The van der Waals surface area contributed by atoms with E-state index in [-0.39, 0.29) is 29.6 Å². The second-order valence-electron chi connectivity index (χ2n) is 2.56. The summed E-state index contributed by atoms with van der Waals surface area (Å²) in [6, 6.07) is 0. The van der Waals surface area contributed by atoms with Gasteiger partial charge in [-0.25, -0.2) is 4.79 Å². The fourth-order valence-electron chi connectivity index (χ4n) is 0.714. The molecule has 93 valence electrons. The Morgan fingerprint density at radius 1 is 1.00 bits per heavy atom. The van der Waals surface area contributed by atoms with Crippen molar-refractivity contribution in [1.82, 2.24) is 0 Å². The normalized spacial score (nSPS) is 9.00. The van der Waals surface area contributed by atoms with Crippen LogP contribution in [0.3, 0.4) is 0 Å². The third kappa shape index (κ3) is 11.0. The van der Waals surface area contributed by atoms with E-state index in [1.165, 1.54) is 5.34 Å². The molecule has 0 atom stereocenters. The molecule has 0 rings (SSSR count). The van der Waals surface area contributed by atoms with Crippen LogP contribution in [0.15, 0.2) is 5.34 Å². The van der Waals surface area contributed by atoms with Crippen molar-refractivity contribution in [3.05, 3.63) is 4.91 Å². The molecule has 0 aromatic carbocycles. The van der Waals surface area contributed by atoms with E-state index in [0.717, 1.165) is 0 Å². The first-order valence-electron chi connectivity index (χ1n) is 3.55. The van der Waals surface area contributed by atoms with Gasteiger partial charge in [0, 0.05) is 29.6 Å². The van der Waals surface area contributed by atoms with E-state index >= 15 is 0 Å². The minimum absolute atomic E-state index is 0. The van der Waals surface area contributed by atoms with Gasteiger partial charge in [-0.2, -0.15) is 0 Å². The third-order valence-electron chi connectivity index (χ3n) is 1.29. The second-order valence-corrected chi connectivity index (χ2v) is 2.56. The maximum absolute atomic E-state index is 10.3. The van der Waals surface area contributed by atoms with E-state index in [0.29, 0.717) is 0 Å². The molecule has 0 heterocycles. The Bertz CT molecular complexity index is 275. The molecule has 0 saturated carbocycles. The largest absolute Gasteiger partial charge is 0.481 e. The van der Waals surface area contributed by atoms with E-state index in [4.69, 9.17) is 30.5 Å². The first-order chi connectivity index (χ1) is 7.19. The maximum Gasteiger partial charge on any atom is 0.336 e. The third-order valence-corrected chi connectivity index (χ3v) is 1.29. The van der Waals surface area contributed by atoms with Gasteiger partial charge in [-0.3, -0.25) is 9.59 Å². The van der Waals surface area contributed by atoms with Gasteiger partial charge in [0.2, 0.25) is 0 Å². The van der Waals surface area contributed by atoms with Crippen LogP contribution in [0.1, 0.15) is 12.8 Å². The summed E-state index contributed by atoms with van der Waals surface area (Å²) >= 11 is 0. The molecule has 11 heteroatoms. The molecular weight excluding hydrogens is 253 g/mol. The molecule has 5 N–H and O–H groups in total. The molecule has 0 aromatic rings. The Kier molecular flexibility index (Phi) is 12.4. The molecule has 0 amide bonds. The molecule has 10 nitrogen and oxygen atoms in total. The van der Waals surface area contributed by atoms with Crippen LogP contribution in [-0.4, -0.2) is 78.7 Å². The Morgan fingerprint density at radius 2 is 1.24 bits per heavy atom. The van der Waals surface area contributed by atoms with Gasteiger partial charge in [-0.05, 0) is 0 Å². The SMILES string of the molecule is O=C(O)CC(O)(CC(=O)O)C(=O)O.O=NO.[Na]. The molecule has 0 fully saturated rings. The molecular formula is C6H9NNaO9. The number of carbonyl (C=O) groups is 3. The van der Waals surface area contributed by atoms with Crippen molar-refractivity contribution >= 4 is 47.5 Å². The average molecular weight is 262 g/mol. The quantitative estimate of drug-likeness (QED) is 0.224. The standard InChI is InChI=1S/C6H8O7.HNO2.Na/c7-3(8)1-6(13,5(11)12)2-4(9)10;2-1-3;/h13H,1-2H2,(H,7,8)(H,9,10)(H,11,12);(H,2,3);. The number of aliphatic carboxylic acids is 3. The topological polar surface area (TPSA) is 182 Å². The zero-order valence-corrected chi connectivity index (χ0v) is 10.7. The summed E-state index contributed by atoms with van der Waals surface area (Å²) in [5, 5.41) is 41.7. The van der Waals surface area contributed by atoms with Gasteiger partial charge >= 0.3 is 17.9 Å². The Balaban J connectivity index is -0.000000440. The van der Waals surface area contributed by atoms with E-state index in [9.17, 15) is 14.4 Å². The molecule has 0 aliphatic rings. The van der Waals surface area contributed by atoms with Crippen LogP contribution >= 0.6 is 0 Å². The summed E-state index contributed by atoms with van der Waals surface area (Å²) in [5.74, 6) is -5.02. The molecule has 0 aliphatic carbocycles. The van der Waals surface area contributed by atoms with E-state index in [1.807, 2.05) is 0 Å². The summed E-state index contributed by atoms with van der Waals surface area (Å²) in [4.78, 5) is 38.6. The number of hydrogen-bond donors (Lipinski definition) is 5. The van der Waals surface area contributed by atoms with Gasteiger partial charge in [-0.1, -0.05) is 0 Å². The van der Waals surface area contributed by atoms with Gasteiger partial charge in [0.25, 0.3) is 0 Å². The average Bonchev–Trinajstić information content (AvgIpc) is 2.01. The van der Waals surface area contributed by atoms with Gasteiger partial charge in [-0.15, -0.1) is 4.91 Å². The van der Waals surface area contributed by atoms with Crippen LogP contribution in [0, 0.1) is 4.91 Å². The predicted molar refractivity (Wildman–Crippen MR) is 50.4 cm³/mol. The zero-order chi connectivity index (χ0) is 13.4. The van der Waals surface area contributed by atoms with Crippen LogP contribution in [0.4, 0.5) is 0 Å². The summed E-state index contributed by atoms with van der Waals surface area (Å²) in [6.45, 7) is 0. The molecule has 0 bridgehead atoms. The zero-order valence-electron chi connectivity index (χ0n) is 8.73. The van der Waals surface area contributed by atoms with Crippen molar-refractivity contribution < 1.29 is 40.0 Å². The molecule has 1 radical (unpaired) electrons. The van der Waals surface area contributed by atoms with E-state index < -0.39 is 36.4 Å². The predicted octanol–water partition coefficient (Wildman–Crippen LogP) is -1.49. The van der Waals surface area contributed by atoms with Crippen molar-refractivity contribution in [1.29, 1.82) is 0 Å². The number of aliphatic hydroxyl groups is 1. The number of rotatable bonds is 5. The molecule has 0 spiro atoms. The van der Waals surface area contributed by atoms with E-state index in [1.54, 1.807) is 0 Å². The van der Waals surface area contributed by atoms with Crippen LogP contribution in [-0.2, 0) is 14.4 Å². The molecule has 0 aliphatic heterocycles. The minimum Gasteiger partial charge on any atom is -0.481 e. The van der Waals surface area contributed by atoms with Crippen molar-refractivity contribution in [3.8, 4) is 0 Å². The van der Waals surface area contributed by atoms with Crippen molar-refractivity contribution in [2.24, 2.45) is 5.34 Å².